The summed E-state index contributed by atoms with van der Waals surface area (Å²) in [5, 5.41) is 5.13. The van der Waals surface area contributed by atoms with E-state index in [0.29, 0.717) is 11.6 Å². The highest BCUT2D eigenvalue weighted by molar-refractivity contribution is 6.30. The molecule has 1 N–H and O–H groups in total. The summed E-state index contributed by atoms with van der Waals surface area (Å²) in [6.45, 7) is 1.41. The molecule has 134 valence electrons. The van der Waals surface area contributed by atoms with E-state index in [2.05, 4.69) is 34.3 Å². The fourth-order valence-corrected chi connectivity index (χ4v) is 4.31. The van der Waals surface area contributed by atoms with Gasteiger partial charge in [-0.05, 0) is 48.1 Å². The molecule has 26 heavy (non-hydrogen) atoms. The van der Waals surface area contributed by atoms with Crippen LogP contribution < -0.4 is 5.32 Å². The molecule has 1 saturated carbocycles. The van der Waals surface area contributed by atoms with Crippen molar-refractivity contribution in [2.75, 3.05) is 6.54 Å². The van der Waals surface area contributed by atoms with E-state index in [-0.39, 0.29) is 5.91 Å². The van der Waals surface area contributed by atoms with Crippen LogP contribution in [-0.2, 0) is 16.8 Å². The second kappa shape index (κ2) is 7.16. The van der Waals surface area contributed by atoms with Crippen LogP contribution in [-0.4, -0.2) is 17.0 Å². The van der Waals surface area contributed by atoms with Crippen molar-refractivity contribution in [1.29, 1.82) is 0 Å². The Bertz CT molecular complexity index is 907. The van der Waals surface area contributed by atoms with Gasteiger partial charge in [-0.1, -0.05) is 54.8 Å². The number of fused-ring (bicyclic) bond motifs is 1. The smallest absolute Gasteiger partial charge is 0.230 e. The van der Waals surface area contributed by atoms with Gasteiger partial charge in [0.1, 0.15) is 0 Å². The van der Waals surface area contributed by atoms with Crippen molar-refractivity contribution >= 4 is 28.4 Å². The normalized spacial score (nSPS) is 16.0. The van der Waals surface area contributed by atoms with Crippen LogP contribution in [0, 0.1) is 0 Å². The summed E-state index contributed by atoms with van der Waals surface area (Å²) >= 11 is 6.03. The van der Waals surface area contributed by atoms with Gasteiger partial charge in [0.15, 0.2) is 0 Å². The predicted molar refractivity (Wildman–Crippen MR) is 107 cm³/mol. The average Bonchev–Trinajstić information content (AvgIpc) is 3.31. The Labute approximate surface area is 159 Å². The van der Waals surface area contributed by atoms with Crippen molar-refractivity contribution in [2.45, 2.75) is 37.6 Å². The third kappa shape index (κ3) is 3.12. The Hall–Kier alpha value is -2.26. The Kier molecular flexibility index (Phi) is 4.73. The van der Waals surface area contributed by atoms with Crippen molar-refractivity contribution in [3.8, 4) is 0 Å². The molecule has 4 rings (SSSR count). The Morgan fingerprint density at radius 2 is 1.77 bits per heavy atom. The first-order valence-electron chi connectivity index (χ1n) is 9.27. The zero-order chi connectivity index (χ0) is 18.0. The molecular formula is C22H23ClN2O. The van der Waals surface area contributed by atoms with Crippen LogP contribution in [0.4, 0.5) is 0 Å². The number of rotatable bonds is 5. The van der Waals surface area contributed by atoms with E-state index in [4.69, 9.17) is 11.6 Å². The lowest BCUT2D eigenvalue weighted by Crippen LogP contribution is -2.43. The lowest BCUT2D eigenvalue weighted by Gasteiger charge is -2.28. The molecule has 0 radical (unpaired) electrons. The number of nitrogens with one attached hydrogen (secondary N) is 1. The van der Waals surface area contributed by atoms with Crippen LogP contribution in [0.2, 0.25) is 5.02 Å². The van der Waals surface area contributed by atoms with Crippen molar-refractivity contribution in [1.82, 2.24) is 9.88 Å². The molecular weight excluding hydrogens is 344 g/mol. The molecule has 0 spiro atoms. The number of nitrogens with zero attached hydrogens (tertiary/aromatic N) is 1. The molecule has 0 saturated heterocycles. The Morgan fingerprint density at radius 1 is 1.04 bits per heavy atom. The fourth-order valence-electron chi connectivity index (χ4n) is 4.19. The monoisotopic (exact) mass is 366 g/mol. The molecule has 0 unspecified atom stereocenters. The van der Waals surface area contributed by atoms with Crippen molar-refractivity contribution in [3.05, 3.63) is 71.4 Å². The van der Waals surface area contributed by atoms with Crippen LogP contribution in [0.1, 0.15) is 31.2 Å². The summed E-state index contributed by atoms with van der Waals surface area (Å²) in [5.41, 5.74) is 1.89. The van der Waals surface area contributed by atoms with Crippen molar-refractivity contribution in [2.24, 2.45) is 0 Å². The number of benzene rings is 2. The number of aromatic nitrogens is 1. The van der Waals surface area contributed by atoms with Crippen molar-refractivity contribution < 1.29 is 4.79 Å². The predicted octanol–water partition coefficient (Wildman–Crippen LogP) is 4.92. The van der Waals surface area contributed by atoms with Crippen molar-refractivity contribution in [3.63, 3.8) is 0 Å². The maximum Gasteiger partial charge on any atom is 0.230 e. The molecule has 1 fully saturated rings. The zero-order valence-corrected chi connectivity index (χ0v) is 15.5. The number of para-hydroxylation sites is 1. The fraction of sp³-hybridized carbons (Fsp3) is 0.318. The lowest BCUT2D eigenvalue weighted by atomic mass is 9.78. The zero-order valence-electron chi connectivity index (χ0n) is 14.7. The van der Waals surface area contributed by atoms with Crippen LogP contribution in [0.3, 0.4) is 0 Å². The topological polar surface area (TPSA) is 34.0 Å². The molecule has 0 bridgehead atoms. The summed E-state index contributed by atoms with van der Waals surface area (Å²) in [7, 11) is 0. The highest BCUT2D eigenvalue weighted by atomic mass is 35.5. The highest BCUT2D eigenvalue weighted by Gasteiger charge is 2.42. The number of amides is 1. The molecule has 1 heterocycles. The third-order valence-corrected chi connectivity index (χ3v) is 5.86. The van der Waals surface area contributed by atoms with Crippen LogP contribution in [0.5, 0.6) is 0 Å². The molecule has 3 nitrogen and oxygen atoms in total. The van der Waals surface area contributed by atoms with Gasteiger partial charge < -0.3 is 9.88 Å². The van der Waals surface area contributed by atoms with Gasteiger partial charge in [0.05, 0.1) is 5.41 Å². The Morgan fingerprint density at radius 3 is 2.54 bits per heavy atom. The summed E-state index contributed by atoms with van der Waals surface area (Å²) in [6.07, 6.45) is 6.09. The summed E-state index contributed by atoms with van der Waals surface area (Å²) < 4.78 is 2.19. The van der Waals surface area contributed by atoms with Gasteiger partial charge in [0, 0.05) is 29.8 Å². The van der Waals surface area contributed by atoms with Crippen LogP contribution in [0.25, 0.3) is 10.9 Å². The summed E-state index contributed by atoms with van der Waals surface area (Å²) in [4.78, 5) is 13.1. The molecule has 3 aromatic rings. The quantitative estimate of drug-likeness (QED) is 0.683. The van der Waals surface area contributed by atoms with E-state index < -0.39 is 5.41 Å². The SMILES string of the molecule is O=C(NCCn1ccc2ccccc21)C1(c2ccc(Cl)cc2)CCCC1. The van der Waals surface area contributed by atoms with Gasteiger partial charge in [0.25, 0.3) is 0 Å². The molecule has 1 aliphatic carbocycles. The third-order valence-electron chi connectivity index (χ3n) is 5.61. The van der Waals surface area contributed by atoms with E-state index in [1.165, 1.54) is 10.9 Å². The molecule has 2 aromatic carbocycles. The van der Waals surface area contributed by atoms with Gasteiger partial charge in [-0.3, -0.25) is 4.79 Å². The molecule has 1 aromatic heterocycles. The van der Waals surface area contributed by atoms with Gasteiger partial charge in [-0.2, -0.15) is 0 Å². The maximum absolute atomic E-state index is 13.1. The first-order valence-corrected chi connectivity index (χ1v) is 9.65. The molecule has 1 aliphatic rings. The highest BCUT2D eigenvalue weighted by Crippen LogP contribution is 2.41. The van der Waals surface area contributed by atoms with Gasteiger partial charge in [-0.25, -0.2) is 0 Å². The van der Waals surface area contributed by atoms with E-state index in [0.717, 1.165) is 37.8 Å². The minimum absolute atomic E-state index is 0.147. The number of hydrogen-bond acceptors (Lipinski definition) is 1. The largest absolute Gasteiger partial charge is 0.354 e. The average molecular weight is 367 g/mol. The minimum atomic E-state index is -0.399. The molecule has 0 aliphatic heterocycles. The van der Waals surface area contributed by atoms with Crippen LogP contribution in [0.15, 0.2) is 60.8 Å². The number of carbonyl (C=O) groups excluding carboxylic acids is 1. The standard InChI is InChI=1S/C22H23ClN2O/c23-19-9-7-18(8-10-19)22(12-3-4-13-22)21(26)24-14-16-25-15-11-17-5-1-2-6-20(17)25/h1-2,5-11,15H,3-4,12-14,16H2,(H,24,26). The lowest BCUT2D eigenvalue weighted by molar-refractivity contribution is -0.126. The summed E-state index contributed by atoms with van der Waals surface area (Å²) in [6, 6.07) is 18.2. The minimum Gasteiger partial charge on any atom is -0.354 e. The first-order chi connectivity index (χ1) is 12.7. The second-order valence-electron chi connectivity index (χ2n) is 7.12. The van der Waals surface area contributed by atoms with Crippen LogP contribution >= 0.6 is 11.6 Å². The van der Waals surface area contributed by atoms with Gasteiger partial charge in [0.2, 0.25) is 5.91 Å². The first kappa shape index (κ1) is 17.2. The van der Waals surface area contributed by atoms with E-state index in [1.807, 2.05) is 36.4 Å². The Balaban J connectivity index is 1.46. The van der Waals surface area contributed by atoms with E-state index >= 15 is 0 Å². The van der Waals surface area contributed by atoms with Gasteiger partial charge >= 0.3 is 0 Å². The maximum atomic E-state index is 13.1. The van der Waals surface area contributed by atoms with Gasteiger partial charge in [-0.15, -0.1) is 0 Å². The molecule has 1 amide bonds. The summed E-state index contributed by atoms with van der Waals surface area (Å²) in [5.74, 6) is 0.147. The second-order valence-corrected chi connectivity index (χ2v) is 7.56. The number of hydrogen-bond donors (Lipinski definition) is 1. The molecule has 4 heteroatoms. The number of carbonyl (C=O) groups is 1. The molecule has 0 atom stereocenters. The van der Waals surface area contributed by atoms with E-state index in [1.54, 1.807) is 0 Å². The van der Waals surface area contributed by atoms with E-state index in [9.17, 15) is 4.79 Å². The number of halogens is 1.